The Balaban J connectivity index is 1.62. The van der Waals surface area contributed by atoms with Crippen molar-refractivity contribution in [3.8, 4) is 22.6 Å². The molecule has 7 heteroatoms. The quantitative estimate of drug-likeness (QED) is 0.438. The molecular weight excluding hydrogens is 418 g/mol. The maximum atomic E-state index is 13.2. The van der Waals surface area contributed by atoms with Crippen LogP contribution in [0.5, 0.6) is 11.5 Å². The van der Waals surface area contributed by atoms with Gasteiger partial charge in [-0.3, -0.25) is 4.79 Å². The van der Waals surface area contributed by atoms with Crippen LogP contribution in [-0.2, 0) is 17.8 Å². The Labute approximate surface area is 191 Å². The van der Waals surface area contributed by atoms with Crippen LogP contribution >= 0.6 is 0 Å². The van der Waals surface area contributed by atoms with Crippen molar-refractivity contribution in [2.45, 2.75) is 25.4 Å². The van der Waals surface area contributed by atoms with Crippen molar-refractivity contribution in [1.82, 2.24) is 14.6 Å². The van der Waals surface area contributed by atoms with E-state index in [0.717, 1.165) is 39.5 Å². The van der Waals surface area contributed by atoms with Crippen molar-refractivity contribution in [1.29, 1.82) is 0 Å². The number of rotatable bonds is 6. The third kappa shape index (κ3) is 3.74. The summed E-state index contributed by atoms with van der Waals surface area (Å²) in [7, 11) is 4.90. The van der Waals surface area contributed by atoms with Crippen molar-refractivity contribution < 1.29 is 19.0 Å². The molecule has 0 bridgehead atoms. The van der Waals surface area contributed by atoms with Gasteiger partial charge in [0.05, 0.1) is 43.3 Å². The smallest absolute Gasteiger partial charge is 0.166 e. The fourth-order valence-electron chi connectivity index (χ4n) is 4.59. The van der Waals surface area contributed by atoms with Crippen LogP contribution in [0.2, 0.25) is 0 Å². The van der Waals surface area contributed by atoms with Crippen LogP contribution < -0.4 is 9.47 Å². The van der Waals surface area contributed by atoms with Crippen LogP contribution in [0.25, 0.3) is 16.8 Å². The maximum absolute atomic E-state index is 13.2. The number of hydrogen-bond donors (Lipinski definition) is 0. The summed E-state index contributed by atoms with van der Waals surface area (Å²) in [5, 5.41) is 4.69. The van der Waals surface area contributed by atoms with Gasteiger partial charge >= 0.3 is 0 Å². The fraction of sp³-hybridized carbons (Fsp3) is 0.269. The van der Waals surface area contributed by atoms with Crippen molar-refractivity contribution in [3.63, 3.8) is 0 Å². The summed E-state index contributed by atoms with van der Waals surface area (Å²) in [6, 6.07) is 15.8. The number of benzene rings is 2. The Morgan fingerprint density at radius 3 is 2.58 bits per heavy atom. The third-order valence-corrected chi connectivity index (χ3v) is 6.16. The molecule has 0 radical (unpaired) electrons. The Morgan fingerprint density at radius 1 is 1.03 bits per heavy atom. The highest BCUT2D eigenvalue weighted by molar-refractivity contribution is 5.99. The molecule has 1 aliphatic rings. The molecule has 0 fully saturated rings. The molecule has 4 aromatic rings. The highest BCUT2D eigenvalue weighted by Gasteiger charge is 2.31. The standard InChI is InChI=1S/C26H25N3O4/c1-31-15-22-25(16-7-5-4-6-8-16)26-27-21-11-17(12-23(30)20(21)14-29(26)28-22)19-10-9-18(32-2)13-24(19)33-3/h4-10,13-14,17H,11-12,15H2,1-3H3. The van der Waals surface area contributed by atoms with E-state index in [0.29, 0.717) is 30.8 Å². The number of methoxy groups -OCH3 is 3. The predicted molar refractivity (Wildman–Crippen MR) is 124 cm³/mol. The number of aromatic nitrogens is 3. The fourth-order valence-corrected chi connectivity index (χ4v) is 4.59. The second-order valence-corrected chi connectivity index (χ2v) is 8.13. The first kappa shape index (κ1) is 21.2. The molecule has 0 N–H and O–H groups in total. The highest BCUT2D eigenvalue weighted by Crippen LogP contribution is 2.39. The highest BCUT2D eigenvalue weighted by atomic mass is 16.5. The van der Waals surface area contributed by atoms with Crippen LogP contribution in [0.15, 0.2) is 54.7 Å². The number of ketones is 1. The van der Waals surface area contributed by atoms with Gasteiger partial charge in [0, 0.05) is 31.7 Å². The Kier molecular flexibility index (Phi) is 5.56. The van der Waals surface area contributed by atoms with Crippen molar-refractivity contribution in [2.75, 3.05) is 21.3 Å². The summed E-state index contributed by atoms with van der Waals surface area (Å²) in [5.74, 6) is 1.46. The molecule has 2 aromatic carbocycles. The molecule has 168 valence electrons. The molecule has 7 nitrogen and oxygen atoms in total. The van der Waals surface area contributed by atoms with Gasteiger partial charge in [0.25, 0.3) is 0 Å². The van der Waals surface area contributed by atoms with E-state index >= 15 is 0 Å². The van der Waals surface area contributed by atoms with Crippen molar-refractivity contribution >= 4 is 11.4 Å². The average Bonchev–Trinajstić information content (AvgIpc) is 3.20. The van der Waals surface area contributed by atoms with Crippen LogP contribution in [-0.4, -0.2) is 41.7 Å². The Hall–Kier alpha value is -3.71. The first-order valence-corrected chi connectivity index (χ1v) is 10.8. The minimum Gasteiger partial charge on any atom is -0.497 e. The second-order valence-electron chi connectivity index (χ2n) is 8.13. The summed E-state index contributed by atoms with van der Waals surface area (Å²) < 4.78 is 18.0. The SMILES string of the molecule is COCc1nn2cc3c(nc2c1-c1ccccc1)CC(c1ccc(OC)cc1OC)CC3=O. The summed E-state index contributed by atoms with van der Waals surface area (Å²) in [5.41, 5.74) is 5.84. The molecule has 0 aliphatic heterocycles. The number of nitrogens with zero attached hydrogens (tertiary/aromatic N) is 3. The average molecular weight is 444 g/mol. The Bertz CT molecular complexity index is 1330. The molecular formula is C26H25N3O4. The van der Waals surface area contributed by atoms with Gasteiger partial charge in [-0.1, -0.05) is 36.4 Å². The van der Waals surface area contributed by atoms with E-state index in [-0.39, 0.29) is 11.7 Å². The number of hydrogen-bond acceptors (Lipinski definition) is 6. The molecule has 1 unspecified atom stereocenters. The monoisotopic (exact) mass is 443 g/mol. The zero-order valence-corrected chi connectivity index (χ0v) is 18.9. The van der Waals surface area contributed by atoms with Crippen LogP contribution in [0.3, 0.4) is 0 Å². The van der Waals surface area contributed by atoms with E-state index < -0.39 is 0 Å². The van der Waals surface area contributed by atoms with Gasteiger partial charge in [-0.15, -0.1) is 0 Å². The van der Waals surface area contributed by atoms with E-state index in [1.165, 1.54) is 0 Å². The number of fused-ring (bicyclic) bond motifs is 2. The summed E-state index contributed by atoms with van der Waals surface area (Å²) in [6.45, 7) is 0.359. The number of ether oxygens (including phenoxy) is 3. The van der Waals surface area contributed by atoms with Crippen LogP contribution in [0, 0.1) is 0 Å². The molecule has 1 atom stereocenters. The number of Topliss-reactive ketones (excluding diaryl/α,β-unsaturated/α-hetero) is 1. The minimum atomic E-state index is -0.0256. The molecule has 33 heavy (non-hydrogen) atoms. The van der Waals surface area contributed by atoms with Crippen molar-refractivity contribution in [2.24, 2.45) is 0 Å². The zero-order chi connectivity index (χ0) is 22.9. The molecule has 2 aromatic heterocycles. The molecule has 2 heterocycles. The van der Waals surface area contributed by atoms with Gasteiger partial charge in [-0.05, 0) is 23.6 Å². The summed E-state index contributed by atoms with van der Waals surface area (Å²) >= 11 is 0. The lowest BCUT2D eigenvalue weighted by Gasteiger charge is -2.25. The molecule has 0 amide bonds. The van der Waals surface area contributed by atoms with E-state index in [1.807, 2.05) is 54.7 Å². The Morgan fingerprint density at radius 2 is 1.85 bits per heavy atom. The lowest BCUT2D eigenvalue weighted by atomic mass is 9.81. The topological polar surface area (TPSA) is 75.0 Å². The first-order chi connectivity index (χ1) is 16.1. The van der Waals surface area contributed by atoms with E-state index in [4.69, 9.17) is 19.2 Å². The number of carbonyl (C=O) groups is 1. The van der Waals surface area contributed by atoms with Gasteiger partial charge in [-0.25, -0.2) is 9.50 Å². The lowest BCUT2D eigenvalue weighted by Crippen LogP contribution is -2.21. The normalized spacial score (nSPS) is 15.5. The summed E-state index contributed by atoms with van der Waals surface area (Å²) in [4.78, 5) is 18.1. The van der Waals surface area contributed by atoms with Gasteiger partial charge in [-0.2, -0.15) is 5.10 Å². The molecule has 0 saturated carbocycles. The number of carbonyl (C=O) groups excluding carboxylic acids is 1. The molecule has 1 aliphatic carbocycles. The van der Waals surface area contributed by atoms with Gasteiger partial charge in [0.15, 0.2) is 11.4 Å². The lowest BCUT2D eigenvalue weighted by molar-refractivity contribution is 0.0962. The van der Waals surface area contributed by atoms with Gasteiger partial charge in [0.1, 0.15) is 11.5 Å². The zero-order valence-electron chi connectivity index (χ0n) is 18.9. The first-order valence-electron chi connectivity index (χ1n) is 10.8. The van der Waals surface area contributed by atoms with Gasteiger partial charge in [0.2, 0.25) is 0 Å². The molecule has 5 rings (SSSR count). The summed E-state index contributed by atoms with van der Waals surface area (Å²) in [6.07, 6.45) is 2.84. The predicted octanol–water partition coefficient (Wildman–Crippen LogP) is 4.47. The van der Waals surface area contributed by atoms with Gasteiger partial charge < -0.3 is 14.2 Å². The minimum absolute atomic E-state index is 0.0256. The molecule has 0 spiro atoms. The maximum Gasteiger partial charge on any atom is 0.166 e. The van der Waals surface area contributed by atoms with Crippen molar-refractivity contribution in [3.05, 3.63) is 77.2 Å². The van der Waals surface area contributed by atoms with Crippen LogP contribution in [0.1, 0.15) is 39.6 Å². The molecule has 0 saturated heterocycles. The van der Waals surface area contributed by atoms with E-state index in [2.05, 4.69) is 5.10 Å². The third-order valence-electron chi connectivity index (χ3n) is 6.16. The van der Waals surface area contributed by atoms with E-state index in [1.54, 1.807) is 25.8 Å². The van der Waals surface area contributed by atoms with E-state index in [9.17, 15) is 4.79 Å². The van der Waals surface area contributed by atoms with Crippen LogP contribution in [0.4, 0.5) is 0 Å². The second kappa shape index (κ2) is 8.67. The largest absolute Gasteiger partial charge is 0.497 e.